The van der Waals surface area contributed by atoms with Crippen LogP contribution in [0.2, 0.25) is 0 Å². The van der Waals surface area contributed by atoms with Crippen LogP contribution in [0.3, 0.4) is 0 Å². The molecule has 1 saturated heterocycles. The largest absolute Gasteiger partial charge is 0.454 e. The van der Waals surface area contributed by atoms with Crippen molar-refractivity contribution in [1.29, 1.82) is 0 Å². The van der Waals surface area contributed by atoms with Crippen molar-refractivity contribution in [2.75, 3.05) is 26.2 Å². The summed E-state index contributed by atoms with van der Waals surface area (Å²) in [6.07, 6.45) is 2.99. The lowest BCUT2D eigenvalue weighted by Crippen LogP contribution is -2.39. The lowest BCUT2D eigenvalue weighted by molar-refractivity contribution is -0.151. The summed E-state index contributed by atoms with van der Waals surface area (Å²) in [4.78, 5) is 37.5. The zero-order valence-electron chi connectivity index (χ0n) is 16.6. The fourth-order valence-corrected chi connectivity index (χ4v) is 4.10. The van der Waals surface area contributed by atoms with E-state index in [1.165, 1.54) is 24.3 Å². The maximum absolute atomic E-state index is 12.1. The number of esters is 1. The first-order valence-electron chi connectivity index (χ1n) is 9.53. The Morgan fingerprint density at radius 3 is 2.28 bits per heavy atom. The third kappa shape index (κ3) is 7.13. The van der Waals surface area contributed by atoms with Crippen LogP contribution in [0.1, 0.15) is 43.5 Å². The smallest absolute Gasteiger partial charge is 0.325 e. The minimum atomic E-state index is -3.64. The van der Waals surface area contributed by atoms with E-state index in [4.69, 9.17) is 4.74 Å². The predicted octanol–water partition coefficient (Wildman–Crippen LogP) is 0.659. The number of ether oxygens (including phenoxy) is 1. The molecule has 0 radical (unpaired) electrons. The minimum Gasteiger partial charge on any atom is -0.454 e. The van der Waals surface area contributed by atoms with Gasteiger partial charge in [0.05, 0.1) is 4.90 Å². The van der Waals surface area contributed by atoms with Gasteiger partial charge in [0, 0.05) is 24.7 Å². The van der Waals surface area contributed by atoms with Crippen molar-refractivity contribution in [3.63, 3.8) is 0 Å². The lowest BCUT2D eigenvalue weighted by Gasteiger charge is -2.26. The van der Waals surface area contributed by atoms with E-state index in [9.17, 15) is 22.8 Å². The zero-order valence-corrected chi connectivity index (χ0v) is 17.5. The van der Waals surface area contributed by atoms with Crippen LogP contribution >= 0.6 is 0 Å². The third-order valence-electron chi connectivity index (χ3n) is 4.28. The number of rotatable bonds is 8. The molecule has 0 aromatic heterocycles. The molecule has 2 rings (SSSR count). The summed E-state index contributed by atoms with van der Waals surface area (Å²) in [5.74, 6) is -1.51. The number of nitrogens with one attached hydrogen (secondary N) is 2. The molecule has 1 aromatic rings. The van der Waals surface area contributed by atoms with Crippen LogP contribution in [0.5, 0.6) is 0 Å². The van der Waals surface area contributed by atoms with Crippen LogP contribution < -0.4 is 10.0 Å². The fraction of sp³-hybridized carbons (Fsp3) is 0.526. The second-order valence-electron chi connectivity index (χ2n) is 7.09. The minimum absolute atomic E-state index is 0.0402. The Morgan fingerprint density at radius 2 is 1.69 bits per heavy atom. The van der Waals surface area contributed by atoms with E-state index in [1.54, 1.807) is 18.7 Å². The maximum Gasteiger partial charge on any atom is 0.325 e. The number of likely N-dealkylation sites (tertiary alicyclic amines) is 1. The Labute approximate surface area is 170 Å². The van der Waals surface area contributed by atoms with Gasteiger partial charge in [-0.05, 0) is 57.4 Å². The summed E-state index contributed by atoms with van der Waals surface area (Å²) in [7, 11) is -3.64. The van der Waals surface area contributed by atoms with Crippen LogP contribution in [-0.2, 0) is 24.3 Å². The third-order valence-corrected chi connectivity index (χ3v) is 5.95. The van der Waals surface area contributed by atoms with Crippen LogP contribution in [0.15, 0.2) is 29.2 Å². The Morgan fingerprint density at radius 1 is 1.07 bits per heavy atom. The molecule has 0 saturated carbocycles. The molecule has 0 bridgehead atoms. The zero-order chi connectivity index (χ0) is 21.4. The molecule has 2 N–H and O–H groups in total. The summed E-state index contributed by atoms with van der Waals surface area (Å²) in [5, 5.41) is 2.39. The molecule has 1 heterocycles. The monoisotopic (exact) mass is 425 g/mol. The SMILES string of the molecule is CC(C)NS(=O)(=O)c1ccc(C(=O)NCC(=O)OCC(=O)N2CCCCC2)cc1. The molecule has 0 atom stereocenters. The van der Waals surface area contributed by atoms with E-state index in [1.807, 2.05) is 0 Å². The molecule has 1 aliphatic rings. The summed E-state index contributed by atoms with van der Waals surface area (Å²) < 4.78 is 31.5. The van der Waals surface area contributed by atoms with Gasteiger partial charge in [-0.15, -0.1) is 0 Å². The molecule has 2 amide bonds. The molecule has 0 unspecified atom stereocenters. The van der Waals surface area contributed by atoms with E-state index in [0.29, 0.717) is 13.1 Å². The molecular formula is C19H27N3O6S. The molecule has 160 valence electrons. The van der Waals surface area contributed by atoms with Gasteiger partial charge in [0.1, 0.15) is 6.54 Å². The highest BCUT2D eigenvalue weighted by Gasteiger charge is 2.19. The number of piperidine rings is 1. The number of carbonyl (C=O) groups excluding carboxylic acids is 3. The van der Waals surface area contributed by atoms with Gasteiger partial charge >= 0.3 is 5.97 Å². The van der Waals surface area contributed by atoms with Crippen molar-refractivity contribution in [3.8, 4) is 0 Å². The molecule has 1 aromatic carbocycles. The highest BCUT2D eigenvalue weighted by molar-refractivity contribution is 7.89. The molecular weight excluding hydrogens is 398 g/mol. The number of hydrogen-bond donors (Lipinski definition) is 2. The van der Waals surface area contributed by atoms with Crippen molar-refractivity contribution in [1.82, 2.24) is 14.9 Å². The van der Waals surface area contributed by atoms with E-state index in [-0.39, 0.29) is 35.6 Å². The maximum atomic E-state index is 12.1. The highest BCUT2D eigenvalue weighted by Crippen LogP contribution is 2.11. The molecule has 0 aliphatic carbocycles. The molecule has 29 heavy (non-hydrogen) atoms. The average Bonchev–Trinajstić information content (AvgIpc) is 2.70. The van der Waals surface area contributed by atoms with Crippen molar-refractivity contribution < 1.29 is 27.5 Å². The Bertz CT molecular complexity index is 830. The number of nitrogens with zero attached hydrogens (tertiary/aromatic N) is 1. The van der Waals surface area contributed by atoms with Crippen LogP contribution in [0.4, 0.5) is 0 Å². The van der Waals surface area contributed by atoms with Gasteiger partial charge in [0.25, 0.3) is 11.8 Å². The predicted molar refractivity (Wildman–Crippen MR) is 106 cm³/mol. The van der Waals surface area contributed by atoms with Gasteiger partial charge in [0.15, 0.2) is 6.61 Å². The van der Waals surface area contributed by atoms with Crippen LogP contribution in [0, 0.1) is 0 Å². The van der Waals surface area contributed by atoms with Gasteiger partial charge in [0.2, 0.25) is 10.0 Å². The van der Waals surface area contributed by atoms with Crippen LogP contribution in [-0.4, -0.2) is 63.4 Å². The summed E-state index contributed by atoms with van der Waals surface area (Å²) in [5.41, 5.74) is 0.200. The topological polar surface area (TPSA) is 122 Å². The molecule has 1 fully saturated rings. The first kappa shape index (κ1) is 22.8. The highest BCUT2D eigenvalue weighted by atomic mass is 32.2. The van der Waals surface area contributed by atoms with Gasteiger partial charge < -0.3 is 15.0 Å². The Balaban J connectivity index is 1.79. The summed E-state index contributed by atoms with van der Waals surface area (Å²) >= 11 is 0. The first-order chi connectivity index (χ1) is 13.7. The van der Waals surface area contributed by atoms with Crippen molar-refractivity contribution in [2.45, 2.75) is 44.0 Å². The summed E-state index contributed by atoms with van der Waals surface area (Å²) in [6, 6.07) is 5.09. The molecule has 10 heteroatoms. The number of sulfonamides is 1. The van der Waals surface area contributed by atoms with E-state index in [0.717, 1.165) is 19.3 Å². The van der Waals surface area contributed by atoms with Crippen molar-refractivity contribution in [2.24, 2.45) is 0 Å². The second-order valence-corrected chi connectivity index (χ2v) is 8.80. The van der Waals surface area contributed by atoms with E-state index >= 15 is 0 Å². The molecule has 9 nitrogen and oxygen atoms in total. The normalized spacial score (nSPS) is 14.5. The second kappa shape index (κ2) is 10.4. The number of benzene rings is 1. The molecule has 0 spiro atoms. The van der Waals surface area contributed by atoms with Gasteiger partial charge in [-0.25, -0.2) is 13.1 Å². The Kier molecular flexibility index (Phi) is 8.15. The van der Waals surface area contributed by atoms with Crippen LogP contribution in [0.25, 0.3) is 0 Å². The van der Waals surface area contributed by atoms with E-state index in [2.05, 4.69) is 10.0 Å². The number of amides is 2. The fourth-order valence-electron chi connectivity index (χ4n) is 2.85. The van der Waals surface area contributed by atoms with Gasteiger partial charge in [-0.2, -0.15) is 0 Å². The van der Waals surface area contributed by atoms with Crippen molar-refractivity contribution >= 4 is 27.8 Å². The number of carbonyl (C=O) groups is 3. The van der Waals surface area contributed by atoms with Crippen molar-refractivity contribution in [3.05, 3.63) is 29.8 Å². The van der Waals surface area contributed by atoms with E-state index < -0.39 is 21.9 Å². The van der Waals surface area contributed by atoms with Gasteiger partial charge in [-0.3, -0.25) is 14.4 Å². The van der Waals surface area contributed by atoms with Gasteiger partial charge in [-0.1, -0.05) is 0 Å². The summed E-state index contributed by atoms with van der Waals surface area (Å²) in [6.45, 7) is 4.03. The number of hydrogen-bond acceptors (Lipinski definition) is 6. The average molecular weight is 426 g/mol. The Hall–Kier alpha value is -2.46. The quantitative estimate of drug-likeness (QED) is 0.590. The first-order valence-corrected chi connectivity index (χ1v) is 11.0. The lowest BCUT2D eigenvalue weighted by atomic mass is 10.1. The standard InChI is InChI=1S/C19H27N3O6S/c1-14(2)21-29(26,27)16-8-6-15(7-9-16)19(25)20-12-18(24)28-13-17(23)22-10-4-3-5-11-22/h6-9,14,21H,3-5,10-13H2,1-2H3,(H,20,25). The molecule has 1 aliphatic heterocycles.